The van der Waals surface area contributed by atoms with Gasteiger partial charge in [-0.25, -0.2) is 0 Å². The fourth-order valence-corrected chi connectivity index (χ4v) is 3.78. The first-order valence-electron chi connectivity index (χ1n) is 9.91. The van der Waals surface area contributed by atoms with Crippen LogP contribution in [0.4, 0.5) is 0 Å². The molecule has 1 fully saturated rings. The molecule has 0 unspecified atom stereocenters. The second-order valence-electron chi connectivity index (χ2n) is 7.25. The highest BCUT2D eigenvalue weighted by Crippen LogP contribution is 2.31. The van der Waals surface area contributed by atoms with Crippen molar-refractivity contribution in [1.29, 1.82) is 0 Å². The van der Waals surface area contributed by atoms with Gasteiger partial charge in [0.2, 0.25) is 0 Å². The molecule has 30 heavy (non-hydrogen) atoms. The van der Waals surface area contributed by atoms with Crippen molar-refractivity contribution in [2.75, 3.05) is 26.2 Å². The van der Waals surface area contributed by atoms with Crippen LogP contribution in [0, 0.1) is 0 Å². The number of nitrogens with zero attached hydrogens (tertiary/aromatic N) is 2. The maximum absolute atomic E-state index is 12.7. The molecule has 0 bridgehead atoms. The summed E-state index contributed by atoms with van der Waals surface area (Å²) in [4.78, 5) is 16.8. The van der Waals surface area contributed by atoms with Crippen molar-refractivity contribution in [3.63, 3.8) is 0 Å². The van der Waals surface area contributed by atoms with Crippen molar-refractivity contribution in [3.05, 3.63) is 88.9 Å². The lowest BCUT2D eigenvalue weighted by Crippen LogP contribution is -2.48. The number of ether oxygens (including phenoxy) is 1. The molecule has 4 rings (SSSR count). The number of para-hydroxylation sites is 1. The van der Waals surface area contributed by atoms with Crippen LogP contribution in [0.3, 0.4) is 0 Å². The van der Waals surface area contributed by atoms with Crippen molar-refractivity contribution in [2.45, 2.75) is 6.54 Å². The van der Waals surface area contributed by atoms with Crippen molar-refractivity contribution >= 4 is 17.5 Å². The lowest BCUT2D eigenvalue weighted by Gasteiger charge is -2.35. The molecular formula is C24H23ClN2O3. The number of rotatable bonds is 5. The second kappa shape index (κ2) is 9.20. The van der Waals surface area contributed by atoms with Gasteiger partial charge >= 0.3 is 0 Å². The van der Waals surface area contributed by atoms with Crippen molar-refractivity contribution in [1.82, 2.24) is 9.80 Å². The van der Waals surface area contributed by atoms with Crippen LogP contribution in [-0.4, -0.2) is 47.0 Å². The highest BCUT2D eigenvalue weighted by Gasteiger charge is 2.23. The summed E-state index contributed by atoms with van der Waals surface area (Å²) in [6, 6.07) is 21.8. The molecule has 1 aliphatic heterocycles. The van der Waals surface area contributed by atoms with Gasteiger partial charge < -0.3 is 14.7 Å². The molecule has 1 saturated heterocycles. The number of benzene rings is 3. The molecule has 0 atom stereocenters. The largest absolute Gasteiger partial charge is 0.508 e. The maximum atomic E-state index is 12.7. The molecule has 5 nitrogen and oxygen atoms in total. The fraction of sp³-hybridized carbons (Fsp3) is 0.208. The van der Waals surface area contributed by atoms with Gasteiger partial charge in [-0.2, -0.15) is 0 Å². The Morgan fingerprint density at radius 2 is 1.67 bits per heavy atom. The Labute approximate surface area is 181 Å². The number of amides is 1. The summed E-state index contributed by atoms with van der Waals surface area (Å²) in [5.74, 6) is 1.55. The number of carbonyl (C=O) groups excluding carboxylic acids is 1. The molecule has 1 aliphatic rings. The Morgan fingerprint density at radius 1 is 0.933 bits per heavy atom. The third-order valence-corrected chi connectivity index (χ3v) is 5.54. The summed E-state index contributed by atoms with van der Waals surface area (Å²) < 4.78 is 6.06. The third kappa shape index (κ3) is 4.75. The summed E-state index contributed by atoms with van der Waals surface area (Å²) in [6.45, 7) is 3.36. The van der Waals surface area contributed by atoms with Gasteiger partial charge in [0, 0.05) is 48.9 Å². The van der Waals surface area contributed by atoms with Gasteiger partial charge in [0.1, 0.15) is 17.2 Å². The molecule has 0 spiro atoms. The van der Waals surface area contributed by atoms with Crippen LogP contribution in [0.1, 0.15) is 15.9 Å². The van der Waals surface area contributed by atoms with Crippen molar-refractivity contribution in [2.24, 2.45) is 0 Å². The van der Waals surface area contributed by atoms with Gasteiger partial charge in [0.25, 0.3) is 5.91 Å². The summed E-state index contributed by atoms with van der Waals surface area (Å²) >= 11 is 6.49. The van der Waals surface area contributed by atoms with E-state index in [1.165, 1.54) is 6.07 Å². The average Bonchev–Trinajstić information content (AvgIpc) is 2.77. The summed E-state index contributed by atoms with van der Waals surface area (Å²) in [5, 5.41) is 10.3. The molecule has 6 heteroatoms. The zero-order chi connectivity index (χ0) is 20.9. The Balaban J connectivity index is 1.41. The zero-order valence-corrected chi connectivity index (χ0v) is 17.3. The summed E-state index contributed by atoms with van der Waals surface area (Å²) in [5.41, 5.74) is 1.45. The van der Waals surface area contributed by atoms with E-state index in [0.29, 0.717) is 30.2 Å². The number of halogens is 1. The van der Waals surface area contributed by atoms with Crippen LogP contribution in [0.5, 0.6) is 17.2 Å². The van der Waals surface area contributed by atoms with E-state index in [2.05, 4.69) is 4.90 Å². The molecule has 1 N–H and O–H groups in total. The van der Waals surface area contributed by atoms with Crippen LogP contribution in [0.25, 0.3) is 0 Å². The van der Waals surface area contributed by atoms with E-state index in [9.17, 15) is 9.90 Å². The fourth-order valence-electron chi connectivity index (χ4n) is 3.56. The van der Waals surface area contributed by atoms with E-state index in [-0.39, 0.29) is 11.7 Å². The minimum Gasteiger partial charge on any atom is -0.508 e. The van der Waals surface area contributed by atoms with Gasteiger partial charge in [-0.3, -0.25) is 9.69 Å². The average molecular weight is 423 g/mol. The van der Waals surface area contributed by atoms with Gasteiger partial charge in [0.15, 0.2) is 0 Å². The van der Waals surface area contributed by atoms with Gasteiger partial charge in [-0.05, 0) is 42.5 Å². The molecule has 154 valence electrons. The first-order chi connectivity index (χ1) is 14.6. The molecule has 3 aromatic rings. The van der Waals surface area contributed by atoms with E-state index in [0.717, 1.165) is 30.2 Å². The second-order valence-corrected chi connectivity index (χ2v) is 7.66. The van der Waals surface area contributed by atoms with Crippen LogP contribution in [-0.2, 0) is 6.54 Å². The minimum atomic E-state index is -0.0589. The minimum absolute atomic E-state index is 0.0589. The first kappa shape index (κ1) is 20.3. The van der Waals surface area contributed by atoms with Gasteiger partial charge in [-0.15, -0.1) is 0 Å². The van der Waals surface area contributed by atoms with Crippen LogP contribution in [0.2, 0.25) is 5.02 Å². The van der Waals surface area contributed by atoms with Gasteiger partial charge in [-0.1, -0.05) is 41.9 Å². The molecule has 3 aromatic carbocycles. The molecule has 1 amide bonds. The molecule has 0 aliphatic carbocycles. The topological polar surface area (TPSA) is 53.0 Å². The number of hydrogen-bond donors (Lipinski definition) is 1. The molecule has 0 radical (unpaired) electrons. The SMILES string of the molecule is O=C(c1cccc(O)c1)N1CCN(Cc2c(Cl)cccc2Oc2ccccc2)CC1. The lowest BCUT2D eigenvalue weighted by molar-refractivity contribution is 0.0627. The Bertz CT molecular complexity index is 1020. The van der Waals surface area contributed by atoms with E-state index < -0.39 is 0 Å². The van der Waals surface area contributed by atoms with Crippen LogP contribution >= 0.6 is 11.6 Å². The number of piperazine rings is 1. The lowest BCUT2D eigenvalue weighted by atomic mass is 10.1. The quantitative estimate of drug-likeness (QED) is 0.642. The monoisotopic (exact) mass is 422 g/mol. The predicted molar refractivity (Wildman–Crippen MR) is 117 cm³/mol. The number of carbonyl (C=O) groups is 1. The molecule has 0 aromatic heterocycles. The normalized spacial score (nSPS) is 14.5. The van der Waals surface area contributed by atoms with E-state index in [4.69, 9.17) is 16.3 Å². The third-order valence-electron chi connectivity index (χ3n) is 5.18. The van der Waals surface area contributed by atoms with E-state index in [1.807, 2.05) is 53.4 Å². The predicted octanol–water partition coefficient (Wildman–Crippen LogP) is 4.80. The zero-order valence-electron chi connectivity index (χ0n) is 16.5. The number of phenols is 1. The Kier molecular flexibility index (Phi) is 6.21. The molecule has 0 saturated carbocycles. The summed E-state index contributed by atoms with van der Waals surface area (Å²) in [7, 11) is 0. The van der Waals surface area contributed by atoms with E-state index >= 15 is 0 Å². The van der Waals surface area contributed by atoms with Crippen molar-refractivity contribution < 1.29 is 14.6 Å². The van der Waals surface area contributed by atoms with Gasteiger partial charge in [0.05, 0.1) is 0 Å². The first-order valence-corrected chi connectivity index (χ1v) is 10.3. The number of aromatic hydroxyl groups is 1. The highest BCUT2D eigenvalue weighted by molar-refractivity contribution is 6.31. The molecule has 1 heterocycles. The Morgan fingerprint density at radius 3 is 2.40 bits per heavy atom. The standard InChI is InChI=1S/C24H23ClN2O3/c25-22-10-5-11-23(30-20-8-2-1-3-9-20)21(22)17-26-12-14-27(15-13-26)24(29)18-6-4-7-19(28)16-18/h1-11,16,28H,12-15,17H2. The maximum Gasteiger partial charge on any atom is 0.254 e. The van der Waals surface area contributed by atoms with E-state index in [1.54, 1.807) is 18.2 Å². The number of hydrogen-bond acceptors (Lipinski definition) is 4. The smallest absolute Gasteiger partial charge is 0.254 e. The highest BCUT2D eigenvalue weighted by atomic mass is 35.5. The van der Waals surface area contributed by atoms with Crippen molar-refractivity contribution in [3.8, 4) is 17.2 Å². The van der Waals surface area contributed by atoms with Crippen LogP contribution in [0.15, 0.2) is 72.8 Å². The molecular weight excluding hydrogens is 400 g/mol. The Hall–Kier alpha value is -3.02. The number of phenolic OH excluding ortho intramolecular Hbond substituents is 1. The van der Waals surface area contributed by atoms with Crippen LogP contribution < -0.4 is 4.74 Å². The summed E-state index contributed by atoms with van der Waals surface area (Å²) in [6.07, 6.45) is 0.